The minimum Gasteiger partial charge on any atom is -0.325 e. The van der Waals surface area contributed by atoms with Crippen LogP contribution in [0.25, 0.3) is 55.4 Å². The lowest BCUT2D eigenvalue weighted by atomic mass is 9.92. The Labute approximate surface area is 192 Å². The summed E-state index contributed by atoms with van der Waals surface area (Å²) in [5.74, 6) is 0. The fourth-order valence-electron chi connectivity index (χ4n) is 4.65. The van der Waals surface area contributed by atoms with Crippen molar-refractivity contribution < 1.29 is 0 Å². The van der Waals surface area contributed by atoms with Gasteiger partial charge in [-0.2, -0.15) is 0 Å². The van der Waals surface area contributed by atoms with Gasteiger partial charge in [-0.25, -0.2) is 0 Å². The molecular formula is C28H22N2P2. The molecule has 0 aliphatic rings. The lowest BCUT2D eigenvalue weighted by molar-refractivity contribution is 1.34. The van der Waals surface area contributed by atoms with Crippen LogP contribution in [-0.4, -0.2) is 8.68 Å². The number of fused-ring (bicyclic) bond motifs is 2. The van der Waals surface area contributed by atoms with Crippen LogP contribution in [0.3, 0.4) is 0 Å². The van der Waals surface area contributed by atoms with Gasteiger partial charge < -0.3 is 8.68 Å². The van der Waals surface area contributed by atoms with Crippen molar-refractivity contribution in [2.24, 2.45) is 0 Å². The number of hydrogen-bond donors (Lipinski definition) is 0. The maximum atomic E-state index is 2.89. The molecule has 0 aliphatic heterocycles. The van der Waals surface area contributed by atoms with E-state index in [1.165, 1.54) is 55.4 Å². The SMILES string of the molecule is Pn1c(-c2ccccc2-c2ccccc2-c2cc3ccccc3n2P)cc2ccccc21. The molecular weight excluding hydrogens is 426 g/mol. The number of para-hydroxylation sites is 2. The second-order valence-electron chi connectivity index (χ2n) is 8.01. The first-order valence-corrected chi connectivity index (χ1v) is 11.7. The van der Waals surface area contributed by atoms with E-state index in [9.17, 15) is 0 Å². The third-order valence-electron chi connectivity index (χ3n) is 6.19. The second-order valence-corrected chi connectivity index (χ2v) is 9.04. The highest BCUT2D eigenvalue weighted by molar-refractivity contribution is 7.15. The fourth-order valence-corrected chi connectivity index (χ4v) is 5.55. The highest BCUT2D eigenvalue weighted by Crippen LogP contribution is 2.41. The Kier molecular flexibility index (Phi) is 4.72. The Hall–Kier alpha value is -3.18. The molecule has 6 aromatic rings. The van der Waals surface area contributed by atoms with Crippen molar-refractivity contribution in [2.75, 3.05) is 0 Å². The van der Waals surface area contributed by atoms with E-state index in [2.05, 4.69) is 137 Å². The average molecular weight is 448 g/mol. The van der Waals surface area contributed by atoms with Crippen LogP contribution >= 0.6 is 18.8 Å². The summed E-state index contributed by atoms with van der Waals surface area (Å²) in [4.78, 5) is 0. The minimum absolute atomic E-state index is 1.19. The summed E-state index contributed by atoms with van der Waals surface area (Å²) in [6.45, 7) is 0. The zero-order chi connectivity index (χ0) is 21.7. The predicted octanol–water partition coefficient (Wildman–Crippen LogP) is 7.87. The summed E-state index contributed by atoms with van der Waals surface area (Å²) >= 11 is 0. The summed E-state index contributed by atoms with van der Waals surface area (Å²) in [6, 6.07) is 39.0. The largest absolute Gasteiger partial charge is 0.325 e. The number of aromatic nitrogens is 2. The molecule has 0 N–H and O–H groups in total. The zero-order valence-corrected chi connectivity index (χ0v) is 19.8. The van der Waals surface area contributed by atoms with E-state index < -0.39 is 0 Å². The molecule has 0 spiro atoms. The van der Waals surface area contributed by atoms with Crippen LogP contribution in [0, 0.1) is 0 Å². The predicted molar refractivity (Wildman–Crippen MR) is 144 cm³/mol. The Morgan fingerprint density at radius 2 is 0.750 bits per heavy atom. The van der Waals surface area contributed by atoms with Gasteiger partial charge in [0.15, 0.2) is 0 Å². The summed E-state index contributed by atoms with van der Waals surface area (Å²) in [7, 11) is 5.77. The molecule has 0 radical (unpaired) electrons. The van der Waals surface area contributed by atoms with Gasteiger partial charge in [0.25, 0.3) is 0 Å². The zero-order valence-electron chi connectivity index (χ0n) is 17.4. The molecule has 0 amide bonds. The molecule has 2 atom stereocenters. The molecule has 2 aromatic heterocycles. The molecule has 4 aromatic carbocycles. The third-order valence-corrected chi connectivity index (χ3v) is 7.30. The number of benzene rings is 4. The van der Waals surface area contributed by atoms with Crippen LogP contribution < -0.4 is 0 Å². The monoisotopic (exact) mass is 448 g/mol. The molecule has 6 rings (SSSR count). The van der Waals surface area contributed by atoms with Crippen molar-refractivity contribution in [3.8, 4) is 33.6 Å². The molecule has 0 saturated heterocycles. The van der Waals surface area contributed by atoms with Gasteiger partial charge in [-0.3, -0.25) is 0 Å². The second kappa shape index (κ2) is 7.75. The summed E-state index contributed by atoms with van der Waals surface area (Å²) in [5.41, 5.74) is 9.69. The Morgan fingerprint density at radius 3 is 1.16 bits per heavy atom. The van der Waals surface area contributed by atoms with Gasteiger partial charge in [0.1, 0.15) is 0 Å². The minimum atomic E-state index is 1.19. The van der Waals surface area contributed by atoms with Gasteiger partial charge in [0.05, 0.1) is 22.4 Å². The number of hydrogen-bond acceptors (Lipinski definition) is 0. The fraction of sp³-hybridized carbons (Fsp3) is 0. The standard InChI is InChI=1S/C28H22N2P2/c31-29-25-15-7-1-9-19(25)17-27(29)23-13-5-3-11-21(23)22-12-4-6-14-24(22)28-18-20-10-2-8-16-26(20)30(28)32/h1-18H,31-32H2. The van der Waals surface area contributed by atoms with E-state index >= 15 is 0 Å². The van der Waals surface area contributed by atoms with Gasteiger partial charge in [-0.1, -0.05) is 84.9 Å². The Bertz CT molecular complexity index is 1490. The summed E-state index contributed by atoms with van der Waals surface area (Å²) < 4.78 is 4.42. The van der Waals surface area contributed by atoms with Crippen LogP contribution in [0.15, 0.2) is 109 Å². The first kappa shape index (κ1) is 19.5. The van der Waals surface area contributed by atoms with Crippen LogP contribution in [-0.2, 0) is 0 Å². The summed E-state index contributed by atoms with van der Waals surface area (Å²) in [6.07, 6.45) is 0. The first-order valence-electron chi connectivity index (χ1n) is 10.6. The molecule has 0 aliphatic carbocycles. The lowest BCUT2D eigenvalue weighted by Crippen LogP contribution is -1.92. The van der Waals surface area contributed by atoms with Crippen molar-refractivity contribution in [3.05, 3.63) is 109 Å². The highest BCUT2D eigenvalue weighted by atomic mass is 31.0. The molecule has 0 bridgehead atoms. The van der Waals surface area contributed by atoms with Gasteiger partial charge >= 0.3 is 0 Å². The number of nitrogens with zero attached hydrogens (tertiary/aromatic N) is 2. The van der Waals surface area contributed by atoms with E-state index in [0.29, 0.717) is 0 Å². The maximum absolute atomic E-state index is 2.89. The molecule has 154 valence electrons. The van der Waals surface area contributed by atoms with E-state index in [4.69, 9.17) is 0 Å². The van der Waals surface area contributed by atoms with Crippen molar-refractivity contribution in [1.82, 2.24) is 8.68 Å². The van der Waals surface area contributed by atoms with Crippen LogP contribution in [0.2, 0.25) is 0 Å². The van der Waals surface area contributed by atoms with Crippen LogP contribution in [0.5, 0.6) is 0 Å². The van der Waals surface area contributed by atoms with Gasteiger partial charge in [0.2, 0.25) is 0 Å². The molecule has 2 heterocycles. The van der Waals surface area contributed by atoms with E-state index in [1.807, 2.05) is 0 Å². The molecule has 32 heavy (non-hydrogen) atoms. The van der Waals surface area contributed by atoms with E-state index in [1.54, 1.807) is 0 Å². The number of rotatable bonds is 3. The topological polar surface area (TPSA) is 9.86 Å². The lowest BCUT2D eigenvalue weighted by Gasteiger charge is -2.15. The quantitative estimate of drug-likeness (QED) is 0.244. The molecule has 4 heteroatoms. The van der Waals surface area contributed by atoms with Gasteiger partial charge in [0, 0.05) is 21.9 Å². The van der Waals surface area contributed by atoms with E-state index in [-0.39, 0.29) is 0 Å². The molecule has 0 fully saturated rings. The Balaban J connectivity index is 1.60. The molecule has 2 unspecified atom stereocenters. The van der Waals surface area contributed by atoms with Gasteiger partial charge in [-0.15, -0.1) is 0 Å². The highest BCUT2D eigenvalue weighted by Gasteiger charge is 2.17. The first-order chi connectivity index (χ1) is 15.7. The average Bonchev–Trinajstić information content (AvgIpc) is 3.36. The Morgan fingerprint density at radius 1 is 0.406 bits per heavy atom. The molecule has 0 saturated carbocycles. The molecule has 2 nitrogen and oxygen atoms in total. The van der Waals surface area contributed by atoms with Crippen LogP contribution in [0.1, 0.15) is 0 Å². The van der Waals surface area contributed by atoms with Crippen LogP contribution in [0.4, 0.5) is 0 Å². The smallest absolute Gasteiger partial charge is 0.0527 e. The normalized spacial score (nSPS) is 11.4. The van der Waals surface area contributed by atoms with Gasteiger partial charge in [-0.05, 0) is 54.2 Å². The van der Waals surface area contributed by atoms with Crippen molar-refractivity contribution in [2.45, 2.75) is 0 Å². The third kappa shape index (κ3) is 3.03. The van der Waals surface area contributed by atoms with Crippen molar-refractivity contribution >= 4 is 40.6 Å². The maximum Gasteiger partial charge on any atom is 0.0527 e. The van der Waals surface area contributed by atoms with Crippen molar-refractivity contribution in [1.29, 1.82) is 0 Å². The van der Waals surface area contributed by atoms with Crippen molar-refractivity contribution in [3.63, 3.8) is 0 Å². The van der Waals surface area contributed by atoms with E-state index in [0.717, 1.165) is 0 Å². The summed E-state index contributed by atoms with van der Waals surface area (Å²) in [5, 5.41) is 2.48.